The van der Waals surface area contributed by atoms with Crippen molar-refractivity contribution < 1.29 is 0 Å². The average molecular weight is 245 g/mol. The fourth-order valence-electron chi connectivity index (χ4n) is 5.35. The van der Waals surface area contributed by atoms with Crippen molar-refractivity contribution in [3.8, 4) is 0 Å². The van der Waals surface area contributed by atoms with Gasteiger partial charge in [-0.05, 0) is 63.2 Å². The van der Waals surface area contributed by atoms with Crippen molar-refractivity contribution in [2.24, 2.45) is 23.5 Å². The predicted molar refractivity (Wildman–Crippen MR) is 71.1 cm³/mol. The van der Waals surface area contributed by atoms with Crippen molar-refractivity contribution in [2.45, 2.75) is 57.4 Å². The topological polar surface area (TPSA) is 54.7 Å². The lowest BCUT2D eigenvalue weighted by atomic mass is 9.49. The van der Waals surface area contributed by atoms with Gasteiger partial charge in [-0.2, -0.15) is 0 Å². The van der Waals surface area contributed by atoms with Crippen LogP contribution in [0.3, 0.4) is 0 Å². The van der Waals surface area contributed by atoms with Gasteiger partial charge in [-0.3, -0.25) is 0 Å². The van der Waals surface area contributed by atoms with Gasteiger partial charge < -0.3 is 10.7 Å². The number of nitrogens with zero attached hydrogens (tertiary/aromatic N) is 1. The second-order valence-corrected chi connectivity index (χ2v) is 7.06. The van der Waals surface area contributed by atoms with E-state index in [1.165, 1.54) is 50.0 Å². The number of nitrogens with two attached hydrogens (primary N) is 1. The van der Waals surface area contributed by atoms with Crippen LogP contribution in [0, 0.1) is 24.7 Å². The van der Waals surface area contributed by atoms with Crippen LogP contribution in [0.15, 0.2) is 0 Å². The van der Waals surface area contributed by atoms with Crippen LogP contribution in [-0.2, 0) is 12.0 Å². The number of aromatic nitrogens is 2. The predicted octanol–water partition coefficient (Wildman–Crippen LogP) is 2.64. The normalized spacial score (nSPS) is 41.6. The van der Waals surface area contributed by atoms with Crippen molar-refractivity contribution >= 4 is 0 Å². The van der Waals surface area contributed by atoms with Gasteiger partial charge in [0.05, 0.1) is 5.69 Å². The van der Waals surface area contributed by atoms with E-state index in [1.54, 1.807) is 0 Å². The molecular formula is C15H23N3. The summed E-state index contributed by atoms with van der Waals surface area (Å²) in [5.41, 5.74) is 8.41. The first-order chi connectivity index (χ1) is 8.68. The molecule has 18 heavy (non-hydrogen) atoms. The summed E-state index contributed by atoms with van der Waals surface area (Å²) in [6.07, 6.45) is 8.58. The second kappa shape index (κ2) is 3.60. The fourth-order valence-corrected chi connectivity index (χ4v) is 5.35. The lowest BCUT2D eigenvalue weighted by Gasteiger charge is -2.56. The van der Waals surface area contributed by atoms with Crippen molar-refractivity contribution in [3.63, 3.8) is 0 Å². The minimum atomic E-state index is 0.382. The monoisotopic (exact) mass is 245 g/mol. The molecule has 3 N–H and O–H groups in total. The number of H-pyrrole nitrogens is 1. The summed E-state index contributed by atoms with van der Waals surface area (Å²) in [6, 6.07) is 0. The number of nitrogens with one attached hydrogen (secondary N) is 1. The van der Waals surface area contributed by atoms with Crippen LogP contribution < -0.4 is 5.73 Å². The lowest BCUT2D eigenvalue weighted by Crippen LogP contribution is -2.49. The molecule has 0 atom stereocenters. The summed E-state index contributed by atoms with van der Waals surface area (Å²) < 4.78 is 0. The van der Waals surface area contributed by atoms with Gasteiger partial charge in [-0.1, -0.05) is 0 Å². The smallest absolute Gasteiger partial charge is 0.112 e. The van der Waals surface area contributed by atoms with E-state index in [9.17, 15) is 0 Å². The Bertz CT molecular complexity index is 439. The zero-order valence-electron chi connectivity index (χ0n) is 11.2. The summed E-state index contributed by atoms with van der Waals surface area (Å²) in [7, 11) is 0. The summed E-state index contributed by atoms with van der Waals surface area (Å²) >= 11 is 0. The van der Waals surface area contributed by atoms with Crippen LogP contribution in [-0.4, -0.2) is 9.97 Å². The van der Waals surface area contributed by atoms with E-state index in [1.807, 2.05) is 0 Å². The third kappa shape index (κ3) is 1.43. The highest BCUT2D eigenvalue weighted by Gasteiger charge is 2.53. The van der Waals surface area contributed by atoms with Crippen LogP contribution in [0.1, 0.15) is 55.7 Å². The lowest BCUT2D eigenvalue weighted by molar-refractivity contribution is -0.00908. The highest BCUT2D eigenvalue weighted by Crippen LogP contribution is 2.60. The quantitative estimate of drug-likeness (QED) is 0.841. The molecule has 0 unspecified atom stereocenters. The number of hydrogen-bond donors (Lipinski definition) is 2. The van der Waals surface area contributed by atoms with Crippen LogP contribution in [0.25, 0.3) is 0 Å². The van der Waals surface area contributed by atoms with Gasteiger partial charge in [-0.15, -0.1) is 0 Å². The van der Waals surface area contributed by atoms with E-state index in [4.69, 9.17) is 10.7 Å². The zero-order chi connectivity index (χ0) is 12.3. The molecule has 0 aliphatic heterocycles. The van der Waals surface area contributed by atoms with Crippen LogP contribution in [0.2, 0.25) is 0 Å². The molecule has 4 aliphatic carbocycles. The Kier molecular flexibility index (Phi) is 2.20. The molecule has 3 nitrogen and oxygen atoms in total. The van der Waals surface area contributed by atoms with Gasteiger partial charge in [-0.25, -0.2) is 4.98 Å². The molecule has 0 radical (unpaired) electrons. The zero-order valence-corrected chi connectivity index (χ0v) is 11.2. The number of aryl methyl sites for hydroxylation is 1. The van der Waals surface area contributed by atoms with E-state index in [0.717, 1.165) is 23.4 Å². The van der Waals surface area contributed by atoms with Gasteiger partial charge in [0.2, 0.25) is 0 Å². The minimum Gasteiger partial charge on any atom is -0.345 e. The molecule has 4 fully saturated rings. The molecule has 0 spiro atoms. The van der Waals surface area contributed by atoms with Crippen molar-refractivity contribution in [3.05, 3.63) is 17.2 Å². The third-order valence-electron chi connectivity index (χ3n) is 5.72. The van der Waals surface area contributed by atoms with E-state index in [-0.39, 0.29) is 0 Å². The largest absolute Gasteiger partial charge is 0.345 e. The molecule has 4 aliphatic rings. The van der Waals surface area contributed by atoms with Crippen molar-refractivity contribution in [1.82, 2.24) is 9.97 Å². The average Bonchev–Trinajstić information content (AvgIpc) is 2.69. The van der Waals surface area contributed by atoms with Crippen molar-refractivity contribution in [1.29, 1.82) is 0 Å². The van der Waals surface area contributed by atoms with E-state index < -0.39 is 0 Å². The van der Waals surface area contributed by atoms with Crippen molar-refractivity contribution in [2.75, 3.05) is 0 Å². The Morgan fingerprint density at radius 3 is 2.17 bits per heavy atom. The standard InChI is InChI=1S/C15H23N3/c1-9-13(8-16)18-14(17-9)15-5-10-2-11(6-15)4-12(3-10)7-15/h10-12H,2-8,16H2,1H3,(H,17,18). The number of rotatable bonds is 2. The van der Waals surface area contributed by atoms with Crippen LogP contribution in [0.4, 0.5) is 0 Å². The minimum absolute atomic E-state index is 0.382. The molecule has 1 heterocycles. The van der Waals surface area contributed by atoms with Crippen LogP contribution in [0.5, 0.6) is 0 Å². The van der Waals surface area contributed by atoms with Gasteiger partial charge >= 0.3 is 0 Å². The summed E-state index contributed by atoms with van der Waals surface area (Å²) in [4.78, 5) is 8.40. The van der Waals surface area contributed by atoms with Gasteiger partial charge in [0, 0.05) is 17.7 Å². The van der Waals surface area contributed by atoms with Gasteiger partial charge in [0.1, 0.15) is 5.82 Å². The van der Waals surface area contributed by atoms with Crippen LogP contribution >= 0.6 is 0 Å². The first-order valence-corrected chi connectivity index (χ1v) is 7.44. The maximum absolute atomic E-state index is 5.77. The molecule has 0 aromatic carbocycles. The SMILES string of the molecule is Cc1[nH]c(C23CC4CC(CC(C4)C2)C3)nc1CN. The molecule has 1 aromatic heterocycles. The molecular weight excluding hydrogens is 222 g/mol. The molecule has 4 bridgehead atoms. The molecule has 98 valence electrons. The molecule has 1 aromatic rings. The number of imidazole rings is 1. The summed E-state index contributed by atoms with van der Waals surface area (Å²) in [5, 5.41) is 0. The van der Waals surface area contributed by atoms with Gasteiger partial charge in [0.15, 0.2) is 0 Å². The molecule has 5 rings (SSSR count). The van der Waals surface area contributed by atoms with E-state index in [0.29, 0.717) is 12.0 Å². The number of aromatic amines is 1. The summed E-state index contributed by atoms with van der Waals surface area (Å²) in [5.74, 6) is 4.19. The Hall–Kier alpha value is -0.830. The highest BCUT2D eigenvalue weighted by atomic mass is 15.0. The third-order valence-corrected chi connectivity index (χ3v) is 5.72. The molecule has 4 saturated carbocycles. The Labute approximate surface area is 109 Å². The number of hydrogen-bond acceptors (Lipinski definition) is 2. The maximum atomic E-state index is 5.77. The maximum Gasteiger partial charge on any atom is 0.112 e. The molecule has 3 heteroatoms. The summed E-state index contributed by atoms with van der Waals surface area (Å²) in [6.45, 7) is 2.67. The Morgan fingerprint density at radius 2 is 1.72 bits per heavy atom. The van der Waals surface area contributed by atoms with E-state index in [2.05, 4.69) is 11.9 Å². The second-order valence-electron chi connectivity index (χ2n) is 7.06. The first kappa shape index (κ1) is 11.0. The first-order valence-electron chi connectivity index (χ1n) is 7.44. The fraction of sp³-hybridized carbons (Fsp3) is 0.800. The Morgan fingerprint density at radius 1 is 1.17 bits per heavy atom. The Balaban J connectivity index is 1.74. The molecule has 0 saturated heterocycles. The van der Waals surface area contributed by atoms with Gasteiger partial charge in [0.25, 0.3) is 0 Å². The van der Waals surface area contributed by atoms with E-state index >= 15 is 0 Å². The molecule has 0 amide bonds. The highest BCUT2D eigenvalue weighted by molar-refractivity contribution is 5.23.